The van der Waals surface area contributed by atoms with Crippen LogP contribution in [0.3, 0.4) is 0 Å². The number of hydrogen-bond acceptors (Lipinski definition) is 6. The summed E-state index contributed by atoms with van der Waals surface area (Å²) >= 11 is 0. The van der Waals surface area contributed by atoms with Crippen molar-refractivity contribution in [3.63, 3.8) is 0 Å². The highest BCUT2D eigenvalue weighted by atomic mass is 16.3. The normalized spacial score (nSPS) is 24.8. The Hall–Kier alpha value is -2.19. The predicted octanol–water partition coefficient (Wildman–Crippen LogP) is 0.307. The average Bonchev–Trinajstić information content (AvgIpc) is 3.25. The number of likely N-dealkylation sites (N-methyl/N-ethyl adjacent to an activating group) is 1. The lowest BCUT2D eigenvalue weighted by Crippen LogP contribution is -2.33. The van der Waals surface area contributed by atoms with E-state index < -0.39 is 0 Å². The smallest absolute Gasteiger partial charge is 0.289 e. The minimum absolute atomic E-state index is 0.0774. The summed E-state index contributed by atoms with van der Waals surface area (Å²) in [5, 5.41) is 18.6. The molecule has 8 nitrogen and oxygen atoms in total. The summed E-state index contributed by atoms with van der Waals surface area (Å²) < 4.78 is 7.32. The fourth-order valence-corrected chi connectivity index (χ4v) is 3.63. The maximum absolute atomic E-state index is 12.5. The largest absolute Gasteiger partial charge is 0.459 e. The molecule has 0 bridgehead atoms. The number of rotatable bonds is 2. The molecular formula is C16H21N5O3. The van der Waals surface area contributed by atoms with E-state index in [1.54, 1.807) is 17.0 Å². The molecule has 8 heteroatoms. The molecule has 2 aliphatic heterocycles. The van der Waals surface area contributed by atoms with E-state index in [2.05, 4.69) is 19.7 Å². The first-order chi connectivity index (χ1) is 11.6. The fourth-order valence-electron chi connectivity index (χ4n) is 3.63. The Labute approximate surface area is 139 Å². The van der Waals surface area contributed by atoms with Crippen LogP contribution >= 0.6 is 0 Å². The molecule has 0 radical (unpaired) electrons. The number of carbonyl (C=O) groups is 1. The molecule has 2 aliphatic rings. The Bertz CT molecular complexity index is 726. The van der Waals surface area contributed by atoms with Crippen LogP contribution in [-0.4, -0.2) is 68.4 Å². The van der Waals surface area contributed by atoms with Gasteiger partial charge in [-0.05, 0) is 25.6 Å². The number of β-amino-alcohol motifs (C(OH)–C–C–N with tert-alkyl or cyclic N) is 1. The van der Waals surface area contributed by atoms with Gasteiger partial charge >= 0.3 is 0 Å². The van der Waals surface area contributed by atoms with Crippen LogP contribution in [0.25, 0.3) is 0 Å². The summed E-state index contributed by atoms with van der Waals surface area (Å²) in [5.41, 5.74) is 0. The van der Waals surface area contributed by atoms with Gasteiger partial charge in [-0.2, -0.15) is 0 Å². The van der Waals surface area contributed by atoms with E-state index in [1.165, 1.54) is 6.26 Å². The standard InChI is InChI=1S/C16H21N5O3/c1-19-10-11(22)9-12(19)15-18-17-14-4-5-20(6-7-21(14)15)16(23)13-3-2-8-24-13/h2-3,8,11-12,22H,4-7,9-10H2,1H3/t11-,12+/m1/s1. The number of carbonyl (C=O) groups excluding carboxylic acids is 1. The molecule has 4 rings (SSSR count). The highest BCUT2D eigenvalue weighted by molar-refractivity contribution is 5.91. The second kappa shape index (κ2) is 6.03. The number of fused-ring (bicyclic) bond motifs is 1. The second-order valence-corrected chi connectivity index (χ2v) is 6.49. The molecule has 0 spiro atoms. The zero-order chi connectivity index (χ0) is 16.7. The molecule has 128 valence electrons. The highest BCUT2D eigenvalue weighted by Crippen LogP contribution is 2.30. The third-order valence-corrected chi connectivity index (χ3v) is 4.90. The highest BCUT2D eigenvalue weighted by Gasteiger charge is 2.34. The second-order valence-electron chi connectivity index (χ2n) is 6.49. The van der Waals surface area contributed by atoms with Crippen LogP contribution < -0.4 is 0 Å². The molecule has 4 heterocycles. The summed E-state index contributed by atoms with van der Waals surface area (Å²) in [4.78, 5) is 16.4. The van der Waals surface area contributed by atoms with Crippen molar-refractivity contribution >= 4 is 5.91 Å². The summed E-state index contributed by atoms with van der Waals surface area (Å²) in [6.07, 6.45) is 2.53. The van der Waals surface area contributed by atoms with Gasteiger partial charge in [0.2, 0.25) is 0 Å². The average molecular weight is 331 g/mol. The number of aromatic nitrogens is 3. The van der Waals surface area contributed by atoms with Crippen molar-refractivity contribution in [3.05, 3.63) is 35.8 Å². The van der Waals surface area contributed by atoms with Crippen LogP contribution in [0.1, 0.15) is 34.7 Å². The van der Waals surface area contributed by atoms with E-state index in [0.29, 0.717) is 44.8 Å². The Morgan fingerprint density at radius 2 is 2.21 bits per heavy atom. The Balaban J connectivity index is 1.53. The van der Waals surface area contributed by atoms with Crippen molar-refractivity contribution in [3.8, 4) is 0 Å². The third-order valence-electron chi connectivity index (χ3n) is 4.90. The van der Waals surface area contributed by atoms with E-state index in [9.17, 15) is 9.90 Å². The number of furan rings is 1. The maximum atomic E-state index is 12.5. The van der Waals surface area contributed by atoms with Gasteiger partial charge in [0, 0.05) is 32.6 Å². The van der Waals surface area contributed by atoms with Gasteiger partial charge in [0.15, 0.2) is 11.6 Å². The quantitative estimate of drug-likeness (QED) is 0.852. The summed E-state index contributed by atoms with van der Waals surface area (Å²) in [7, 11) is 1.99. The van der Waals surface area contributed by atoms with Gasteiger partial charge in [0.25, 0.3) is 5.91 Å². The number of likely N-dealkylation sites (tertiary alicyclic amines) is 1. The van der Waals surface area contributed by atoms with E-state index in [-0.39, 0.29) is 18.1 Å². The van der Waals surface area contributed by atoms with Crippen molar-refractivity contribution in [2.75, 3.05) is 26.7 Å². The first-order valence-corrected chi connectivity index (χ1v) is 8.26. The maximum Gasteiger partial charge on any atom is 0.289 e. The van der Waals surface area contributed by atoms with Gasteiger partial charge in [-0.25, -0.2) is 0 Å². The number of aliphatic hydroxyl groups is 1. The van der Waals surface area contributed by atoms with E-state index in [0.717, 1.165) is 11.6 Å². The summed E-state index contributed by atoms with van der Waals surface area (Å²) in [5.74, 6) is 2.06. The van der Waals surface area contributed by atoms with Crippen molar-refractivity contribution in [2.24, 2.45) is 0 Å². The molecule has 24 heavy (non-hydrogen) atoms. The topological polar surface area (TPSA) is 87.6 Å². The SMILES string of the molecule is CN1C[C@H](O)C[C@H]1c1nnc2n1CCN(C(=O)c1ccco1)CC2. The lowest BCUT2D eigenvalue weighted by molar-refractivity contribution is 0.0726. The van der Waals surface area contributed by atoms with E-state index in [1.807, 2.05) is 7.05 Å². The Morgan fingerprint density at radius 3 is 2.92 bits per heavy atom. The number of nitrogens with zero attached hydrogens (tertiary/aromatic N) is 5. The molecule has 1 amide bonds. The molecule has 2 atom stereocenters. The van der Waals surface area contributed by atoms with Crippen LogP contribution in [0, 0.1) is 0 Å². The van der Waals surface area contributed by atoms with Crippen molar-refractivity contribution in [1.82, 2.24) is 24.6 Å². The monoisotopic (exact) mass is 331 g/mol. The zero-order valence-electron chi connectivity index (χ0n) is 13.6. The van der Waals surface area contributed by atoms with Crippen LogP contribution in [0.15, 0.2) is 22.8 Å². The first-order valence-electron chi connectivity index (χ1n) is 8.26. The van der Waals surface area contributed by atoms with Gasteiger partial charge in [-0.1, -0.05) is 0 Å². The van der Waals surface area contributed by atoms with Gasteiger partial charge in [-0.15, -0.1) is 10.2 Å². The first kappa shape index (κ1) is 15.3. The van der Waals surface area contributed by atoms with Crippen molar-refractivity contribution in [2.45, 2.75) is 31.5 Å². The Morgan fingerprint density at radius 1 is 1.33 bits per heavy atom. The molecular weight excluding hydrogens is 310 g/mol. The van der Waals surface area contributed by atoms with Crippen LogP contribution in [0.4, 0.5) is 0 Å². The minimum Gasteiger partial charge on any atom is -0.459 e. The fraction of sp³-hybridized carbons (Fsp3) is 0.562. The third kappa shape index (κ3) is 2.61. The zero-order valence-corrected chi connectivity index (χ0v) is 13.6. The number of amides is 1. The van der Waals surface area contributed by atoms with Gasteiger partial charge in [-0.3, -0.25) is 9.69 Å². The Kier molecular flexibility index (Phi) is 3.85. The van der Waals surface area contributed by atoms with E-state index >= 15 is 0 Å². The summed E-state index contributed by atoms with van der Waals surface area (Å²) in [6.45, 7) is 2.50. The molecule has 0 aromatic carbocycles. The van der Waals surface area contributed by atoms with Gasteiger partial charge < -0.3 is 19.0 Å². The summed E-state index contributed by atoms with van der Waals surface area (Å²) in [6, 6.07) is 3.49. The van der Waals surface area contributed by atoms with Gasteiger partial charge in [0.05, 0.1) is 18.4 Å². The number of aliphatic hydroxyl groups excluding tert-OH is 1. The minimum atomic E-state index is -0.323. The molecule has 2 aromatic rings. The van der Waals surface area contributed by atoms with Crippen molar-refractivity contribution in [1.29, 1.82) is 0 Å². The number of hydrogen-bond donors (Lipinski definition) is 1. The van der Waals surface area contributed by atoms with Crippen LogP contribution in [0.2, 0.25) is 0 Å². The molecule has 0 aliphatic carbocycles. The van der Waals surface area contributed by atoms with E-state index in [4.69, 9.17) is 4.42 Å². The van der Waals surface area contributed by atoms with Crippen LogP contribution in [-0.2, 0) is 13.0 Å². The molecule has 1 saturated heterocycles. The molecule has 1 fully saturated rings. The lowest BCUT2D eigenvalue weighted by atomic mass is 10.2. The van der Waals surface area contributed by atoms with Gasteiger partial charge in [0.1, 0.15) is 5.82 Å². The predicted molar refractivity (Wildman–Crippen MR) is 84.3 cm³/mol. The molecule has 0 saturated carbocycles. The molecule has 2 aromatic heterocycles. The van der Waals surface area contributed by atoms with Crippen molar-refractivity contribution < 1.29 is 14.3 Å². The van der Waals surface area contributed by atoms with Crippen LogP contribution in [0.5, 0.6) is 0 Å². The molecule has 1 N–H and O–H groups in total. The molecule has 0 unspecified atom stereocenters. The lowest BCUT2D eigenvalue weighted by Gasteiger charge is -2.21.